The summed E-state index contributed by atoms with van der Waals surface area (Å²) in [6, 6.07) is 12.8. The van der Waals surface area contributed by atoms with Crippen LogP contribution in [0.25, 0.3) is 0 Å². The van der Waals surface area contributed by atoms with Crippen LogP contribution in [-0.4, -0.2) is 31.6 Å². The average molecular weight is 398 g/mol. The number of halogens is 1. The predicted molar refractivity (Wildman–Crippen MR) is 99.1 cm³/mol. The lowest BCUT2D eigenvalue weighted by atomic mass is 9.96. The standard InChI is InChI=1S/C18H20ClNO5S/c1-18(2,20-26(23,24)16-9-5-14(19)6-10-16)11-13-3-7-15(8-4-13)25-12-17(21)22/h3-10,20H,11-12H2,1-2H3,(H,21,22). The molecule has 0 heterocycles. The Labute approximate surface area is 157 Å². The molecule has 0 aromatic heterocycles. The van der Waals surface area contributed by atoms with Gasteiger partial charge < -0.3 is 9.84 Å². The van der Waals surface area contributed by atoms with Gasteiger partial charge in [-0.05, 0) is 62.2 Å². The molecule has 0 aliphatic heterocycles. The van der Waals surface area contributed by atoms with Crippen molar-refractivity contribution in [3.05, 3.63) is 59.1 Å². The predicted octanol–water partition coefficient (Wildman–Crippen LogP) is 3.10. The van der Waals surface area contributed by atoms with Gasteiger partial charge in [0.2, 0.25) is 10.0 Å². The number of hydrogen-bond donors (Lipinski definition) is 2. The van der Waals surface area contributed by atoms with Crippen molar-refractivity contribution in [1.82, 2.24) is 4.72 Å². The third-order valence-electron chi connectivity index (χ3n) is 3.47. The molecule has 0 atom stereocenters. The molecule has 0 radical (unpaired) electrons. The van der Waals surface area contributed by atoms with Crippen molar-refractivity contribution in [2.45, 2.75) is 30.7 Å². The van der Waals surface area contributed by atoms with Gasteiger partial charge in [-0.15, -0.1) is 0 Å². The molecule has 0 bridgehead atoms. The number of benzene rings is 2. The number of hydrogen-bond acceptors (Lipinski definition) is 4. The maximum absolute atomic E-state index is 12.5. The van der Waals surface area contributed by atoms with Crippen LogP contribution in [0.15, 0.2) is 53.4 Å². The van der Waals surface area contributed by atoms with Crippen molar-refractivity contribution in [3.63, 3.8) is 0 Å². The van der Waals surface area contributed by atoms with Gasteiger partial charge in [-0.2, -0.15) is 0 Å². The number of aliphatic carboxylic acids is 1. The Morgan fingerprint density at radius 2 is 1.69 bits per heavy atom. The molecule has 0 fully saturated rings. The van der Waals surface area contributed by atoms with E-state index < -0.39 is 28.1 Å². The van der Waals surface area contributed by atoms with E-state index in [0.29, 0.717) is 17.2 Å². The van der Waals surface area contributed by atoms with E-state index in [-0.39, 0.29) is 4.90 Å². The number of nitrogens with one attached hydrogen (secondary N) is 1. The zero-order valence-corrected chi connectivity index (χ0v) is 16.0. The summed E-state index contributed by atoms with van der Waals surface area (Å²) < 4.78 is 32.8. The first-order valence-electron chi connectivity index (χ1n) is 7.80. The molecule has 0 unspecified atom stereocenters. The van der Waals surface area contributed by atoms with Gasteiger partial charge in [0.15, 0.2) is 6.61 Å². The summed E-state index contributed by atoms with van der Waals surface area (Å²) in [4.78, 5) is 10.6. The van der Waals surface area contributed by atoms with Crippen molar-refractivity contribution in [2.75, 3.05) is 6.61 Å². The Balaban J connectivity index is 2.05. The van der Waals surface area contributed by atoms with E-state index in [1.54, 1.807) is 38.1 Å². The van der Waals surface area contributed by atoms with Gasteiger partial charge in [0.05, 0.1) is 4.90 Å². The molecule has 140 valence electrons. The van der Waals surface area contributed by atoms with Crippen LogP contribution in [0.5, 0.6) is 5.75 Å². The van der Waals surface area contributed by atoms with Gasteiger partial charge >= 0.3 is 5.97 Å². The number of carboxylic acid groups (broad SMARTS) is 1. The lowest BCUT2D eigenvalue weighted by molar-refractivity contribution is -0.139. The maximum atomic E-state index is 12.5. The third kappa shape index (κ3) is 6.01. The average Bonchev–Trinajstić information content (AvgIpc) is 2.53. The lowest BCUT2D eigenvalue weighted by Gasteiger charge is -2.26. The first-order valence-corrected chi connectivity index (χ1v) is 9.67. The van der Waals surface area contributed by atoms with E-state index in [1.807, 2.05) is 0 Å². The summed E-state index contributed by atoms with van der Waals surface area (Å²) in [6.45, 7) is 3.16. The number of carboxylic acids is 1. The van der Waals surface area contributed by atoms with E-state index in [9.17, 15) is 13.2 Å². The van der Waals surface area contributed by atoms with Crippen LogP contribution in [0, 0.1) is 0 Å². The Kier molecular flexibility index (Phi) is 6.28. The van der Waals surface area contributed by atoms with Crippen molar-refractivity contribution in [1.29, 1.82) is 0 Å². The normalized spacial score (nSPS) is 12.0. The van der Waals surface area contributed by atoms with Gasteiger partial charge in [-0.25, -0.2) is 17.9 Å². The SMILES string of the molecule is CC(C)(Cc1ccc(OCC(=O)O)cc1)NS(=O)(=O)c1ccc(Cl)cc1. The second kappa shape index (κ2) is 8.07. The molecule has 0 aliphatic carbocycles. The Morgan fingerprint density at radius 1 is 1.12 bits per heavy atom. The maximum Gasteiger partial charge on any atom is 0.341 e. The first-order chi connectivity index (χ1) is 12.1. The van der Waals surface area contributed by atoms with Crippen molar-refractivity contribution < 1.29 is 23.1 Å². The van der Waals surface area contributed by atoms with Crippen LogP contribution in [0.1, 0.15) is 19.4 Å². The van der Waals surface area contributed by atoms with Gasteiger partial charge in [-0.3, -0.25) is 0 Å². The van der Waals surface area contributed by atoms with E-state index in [1.165, 1.54) is 24.3 Å². The molecule has 0 saturated carbocycles. The largest absolute Gasteiger partial charge is 0.482 e. The molecule has 2 rings (SSSR count). The van der Waals surface area contributed by atoms with Gasteiger partial charge in [-0.1, -0.05) is 23.7 Å². The summed E-state index contributed by atoms with van der Waals surface area (Å²) in [5.41, 5.74) is 0.151. The summed E-state index contributed by atoms with van der Waals surface area (Å²) in [5, 5.41) is 9.07. The smallest absolute Gasteiger partial charge is 0.341 e. The van der Waals surface area contributed by atoms with Gasteiger partial charge in [0.25, 0.3) is 0 Å². The molecule has 0 amide bonds. The summed E-state index contributed by atoms with van der Waals surface area (Å²) >= 11 is 5.80. The fourth-order valence-corrected chi connectivity index (χ4v) is 3.97. The minimum Gasteiger partial charge on any atom is -0.482 e. The number of sulfonamides is 1. The molecule has 8 heteroatoms. The van der Waals surface area contributed by atoms with Crippen LogP contribution >= 0.6 is 11.6 Å². The number of rotatable bonds is 8. The van der Waals surface area contributed by atoms with E-state index in [0.717, 1.165) is 5.56 Å². The Hall–Kier alpha value is -2.09. The second-order valence-electron chi connectivity index (χ2n) is 6.45. The highest BCUT2D eigenvalue weighted by Gasteiger charge is 2.26. The fourth-order valence-electron chi connectivity index (χ4n) is 2.43. The van der Waals surface area contributed by atoms with Gasteiger partial charge in [0, 0.05) is 10.6 Å². The van der Waals surface area contributed by atoms with E-state index in [2.05, 4.69) is 4.72 Å². The zero-order chi connectivity index (χ0) is 19.4. The van der Waals surface area contributed by atoms with Crippen molar-refractivity contribution in [2.24, 2.45) is 0 Å². The molecule has 6 nitrogen and oxygen atoms in total. The minimum absolute atomic E-state index is 0.146. The molecule has 2 aromatic carbocycles. The van der Waals surface area contributed by atoms with E-state index >= 15 is 0 Å². The van der Waals surface area contributed by atoms with Crippen LogP contribution < -0.4 is 9.46 Å². The molecule has 2 aromatic rings. The van der Waals surface area contributed by atoms with Crippen LogP contribution in [-0.2, 0) is 21.2 Å². The van der Waals surface area contributed by atoms with Crippen molar-refractivity contribution >= 4 is 27.6 Å². The van der Waals surface area contributed by atoms with Crippen LogP contribution in [0.2, 0.25) is 5.02 Å². The topological polar surface area (TPSA) is 92.7 Å². The molecule has 0 saturated heterocycles. The Bertz CT molecular complexity index is 861. The molecule has 2 N–H and O–H groups in total. The van der Waals surface area contributed by atoms with Crippen LogP contribution in [0.4, 0.5) is 0 Å². The highest BCUT2D eigenvalue weighted by molar-refractivity contribution is 7.89. The molecule has 0 aliphatic rings. The fraction of sp³-hybridized carbons (Fsp3) is 0.278. The highest BCUT2D eigenvalue weighted by Crippen LogP contribution is 2.20. The monoisotopic (exact) mass is 397 g/mol. The summed E-state index contributed by atoms with van der Waals surface area (Å²) in [5.74, 6) is -0.609. The van der Waals surface area contributed by atoms with Crippen LogP contribution in [0.3, 0.4) is 0 Å². The summed E-state index contributed by atoms with van der Waals surface area (Å²) in [7, 11) is -3.68. The number of carbonyl (C=O) groups is 1. The Morgan fingerprint density at radius 3 is 2.23 bits per heavy atom. The third-order valence-corrected chi connectivity index (χ3v) is 5.43. The lowest BCUT2D eigenvalue weighted by Crippen LogP contribution is -2.44. The zero-order valence-electron chi connectivity index (χ0n) is 14.4. The number of ether oxygens (including phenoxy) is 1. The minimum atomic E-state index is -3.68. The second-order valence-corrected chi connectivity index (χ2v) is 8.57. The van der Waals surface area contributed by atoms with Crippen molar-refractivity contribution in [3.8, 4) is 5.75 Å². The quantitative estimate of drug-likeness (QED) is 0.714. The highest BCUT2D eigenvalue weighted by atomic mass is 35.5. The molecule has 0 spiro atoms. The molecule has 26 heavy (non-hydrogen) atoms. The molecular formula is C18H20ClNO5S. The van der Waals surface area contributed by atoms with E-state index in [4.69, 9.17) is 21.4 Å². The molecular weight excluding hydrogens is 378 g/mol. The van der Waals surface area contributed by atoms with Gasteiger partial charge in [0.1, 0.15) is 5.75 Å². The summed E-state index contributed by atoms with van der Waals surface area (Å²) in [6.07, 6.45) is 0.443. The first kappa shape index (κ1) is 20.2.